The molecule has 0 unspecified atom stereocenters. The largest absolute Gasteiger partial charge is 0.481 e. The lowest BCUT2D eigenvalue weighted by molar-refractivity contribution is -0.136. The highest BCUT2D eigenvalue weighted by molar-refractivity contribution is 6.42. The molecule has 0 aliphatic rings. The molecule has 0 aromatic heterocycles. The molecule has 2 aromatic carbocycles. The van der Waals surface area contributed by atoms with Crippen LogP contribution in [0.1, 0.15) is 15.9 Å². The molecule has 0 aliphatic carbocycles. The van der Waals surface area contributed by atoms with Crippen LogP contribution in [0.2, 0.25) is 10.0 Å². The molecule has 0 spiro atoms. The van der Waals surface area contributed by atoms with Crippen molar-refractivity contribution in [3.63, 3.8) is 0 Å². The summed E-state index contributed by atoms with van der Waals surface area (Å²) >= 11 is 11.7. The molecule has 4 nitrogen and oxygen atoms in total. The molecule has 0 aliphatic heterocycles. The molecule has 2 N–H and O–H groups in total. The number of carbonyl (C=O) groups excluding carboxylic acids is 1. The van der Waals surface area contributed by atoms with Gasteiger partial charge in [0.1, 0.15) is 0 Å². The maximum Gasteiger partial charge on any atom is 0.307 e. The third kappa shape index (κ3) is 3.97. The van der Waals surface area contributed by atoms with Crippen LogP contribution in [-0.2, 0) is 11.2 Å². The van der Waals surface area contributed by atoms with Gasteiger partial charge < -0.3 is 10.4 Å². The smallest absolute Gasteiger partial charge is 0.307 e. The molecule has 2 rings (SSSR count). The van der Waals surface area contributed by atoms with Crippen LogP contribution in [-0.4, -0.2) is 17.0 Å². The fraction of sp³-hybridized carbons (Fsp3) is 0.0667. The molecule has 0 radical (unpaired) electrons. The Bertz CT molecular complexity index is 701. The molecule has 2 aromatic rings. The van der Waals surface area contributed by atoms with E-state index in [1.807, 2.05) is 0 Å². The van der Waals surface area contributed by atoms with Gasteiger partial charge in [0.2, 0.25) is 0 Å². The van der Waals surface area contributed by atoms with E-state index in [0.717, 1.165) is 0 Å². The van der Waals surface area contributed by atoms with E-state index < -0.39 is 5.97 Å². The van der Waals surface area contributed by atoms with Crippen molar-refractivity contribution in [2.75, 3.05) is 5.32 Å². The van der Waals surface area contributed by atoms with Crippen LogP contribution in [0.25, 0.3) is 0 Å². The van der Waals surface area contributed by atoms with Crippen LogP contribution in [0.5, 0.6) is 0 Å². The minimum atomic E-state index is -0.966. The summed E-state index contributed by atoms with van der Waals surface area (Å²) in [6.07, 6.45) is -0.169. The Morgan fingerprint density at radius 2 is 1.76 bits per heavy atom. The van der Waals surface area contributed by atoms with E-state index in [-0.39, 0.29) is 17.4 Å². The molecule has 108 valence electrons. The number of carboxylic acid groups (broad SMARTS) is 1. The van der Waals surface area contributed by atoms with Crippen molar-refractivity contribution in [2.24, 2.45) is 0 Å². The summed E-state index contributed by atoms with van der Waals surface area (Å²) in [7, 11) is 0. The molecule has 0 saturated carbocycles. The summed E-state index contributed by atoms with van der Waals surface area (Å²) in [4.78, 5) is 23.0. The van der Waals surface area contributed by atoms with E-state index in [2.05, 4.69) is 5.32 Å². The minimum Gasteiger partial charge on any atom is -0.481 e. The third-order valence-corrected chi connectivity index (χ3v) is 3.53. The van der Waals surface area contributed by atoms with E-state index in [9.17, 15) is 9.59 Å². The lowest BCUT2D eigenvalue weighted by atomic mass is 10.1. The molecule has 0 bridgehead atoms. The van der Waals surface area contributed by atoms with E-state index in [1.54, 1.807) is 30.3 Å². The maximum absolute atomic E-state index is 12.2. The van der Waals surface area contributed by atoms with Gasteiger partial charge in [-0.05, 0) is 29.8 Å². The van der Waals surface area contributed by atoms with Crippen molar-refractivity contribution < 1.29 is 14.7 Å². The normalized spacial score (nSPS) is 10.2. The first-order valence-corrected chi connectivity index (χ1v) is 6.79. The lowest BCUT2D eigenvalue weighted by Crippen LogP contribution is -2.14. The van der Waals surface area contributed by atoms with Crippen LogP contribution in [0.4, 0.5) is 5.69 Å². The van der Waals surface area contributed by atoms with Crippen LogP contribution >= 0.6 is 23.2 Å². The Morgan fingerprint density at radius 1 is 1.05 bits per heavy atom. The summed E-state index contributed by atoms with van der Waals surface area (Å²) in [6.45, 7) is 0. The molecule has 0 heterocycles. The SMILES string of the molecule is O=C(O)Cc1ccccc1NC(=O)c1ccc(Cl)c(Cl)c1. The van der Waals surface area contributed by atoms with Gasteiger partial charge in [-0.1, -0.05) is 41.4 Å². The summed E-state index contributed by atoms with van der Waals surface area (Å²) < 4.78 is 0. The Hall–Kier alpha value is -2.04. The van der Waals surface area contributed by atoms with Crippen LogP contribution in [0, 0.1) is 0 Å². The van der Waals surface area contributed by atoms with Gasteiger partial charge in [-0.2, -0.15) is 0 Å². The van der Waals surface area contributed by atoms with Gasteiger partial charge >= 0.3 is 5.97 Å². The first-order chi connectivity index (χ1) is 9.97. The van der Waals surface area contributed by atoms with E-state index in [1.165, 1.54) is 12.1 Å². The van der Waals surface area contributed by atoms with Crippen LogP contribution in [0.3, 0.4) is 0 Å². The first kappa shape index (κ1) is 15.4. The highest BCUT2D eigenvalue weighted by atomic mass is 35.5. The number of rotatable bonds is 4. The average molecular weight is 324 g/mol. The summed E-state index contributed by atoms with van der Waals surface area (Å²) in [5.41, 5.74) is 1.32. The molecule has 21 heavy (non-hydrogen) atoms. The molecule has 1 amide bonds. The predicted molar refractivity (Wildman–Crippen MR) is 82.2 cm³/mol. The number of hydrogen-bond donors (Lipinski definition) is 2. The van der Waals surface area contributed by atoms with Gasteiger partial charge in [-0.25, -0.2) is 0 Å². The fourth-order valence-electron chi connectivity index (χ4n) is 1.79. The zero-order valence-electron chi connectivity index (χ0n) is 10.8. The van der Waals surface area contributed by atoms with Crippen molar-refractivity contribution in [2.45, 2.75) is 6.42 Å². The quantitative estimate of drug-likeness (QED) is 0.897. The van der Waals surface area contributed by atoms with Gasteiger partial charge in [0.05, 0.1) is 16.5 Å². The fourth-order valence-corrected chi connectivity index (χ4v) is 2.09. The monoisotopic (exact) mass is 323 g/mol. The van der Waals surface area contributed by atoms with Crippen molar-refractivity contribution in [3.05, 3.63) is 63.6 Å². The summed E-state index contributed by atoms with van der Waals surface area (Å²) in [5.74, 6) is -1.35. The standard InChI is InChI=1S/C15H11Cl2NO3/c16-11-6-5-10(7-12(11)17)15(21)18-13-4-2-1-3-9(13)8-14(19)20/h1-7H,8H2,(H,18,21)(H,19,20). The van der Waals surface area contributed by atoms with E-state index >= 15 is 0 Å². The van der Waals surface area contributed by atoms with Gasteiger partial charge in [-0.15, -0.1) is 0 Å². The topological polar surface area (TPSA) is 66.4 Å². The second-order valence-corrected chi connectivity index (χ2v) is 5.13. The number of hydrogen-bond acceptors (Lipinski definition) is 2. The number of amides is 1. The lowest BCUT2D eigenvalue weighted by Gasteiger charge is -2.10. The third-order valence-electron chi connectivity index (χ3n) is 2.79. The second kappa shape index (κ2) is 6.61. The molecule has 6 heteroatoms. The molecular weight excluding hydrogens is 313 g/mol. The number of aliphatic carboxylic acids is 1. The molecule has 0 fully saturated rings. The number of anilines is 1. The average Bonchev–Trinajstić information content (AvgIpc) is 2.43. The van der Waals surface area contributed by atoms with Gasteiger partial charge in [0.25, 0.3) is 5.91 Å². The molecule has 0 atom stereocenters. The Morgan fingerprint density at radius 3 is 2.43 bits per heavy atom. The summed E-state index contributed by atoms with van der Waals surface area (Å²) in [6, 6.07) is 11.3. The number of benzene rings is 2. The molecular formula is C15H11Cl2NO3. The Kier molecular flexibility index (Phi) is 4.83. The number of carbonyl (C=O) groups is 2. The van der Waals surface area contributed by atoms with Crippen molar-refractivity contribution >= 4 is 40.8 Å². The maximum atomic E-state index is 12.2. The predicted octanol–water partition coefficient (Wildman–Crippen LogP) is 3.87. The summed E-state index contributed by atoms with van der Waals surface area (Å²) in [5, 5.41) is 12.2. The van der Waals surface area contributed by atoms with Crippen LogP contribution in [0.15, 0.2) is 42.5 Å². The number of nitrogens with one attached hydrogen (secondary N) is 1. The Labute approximate surface area is 131 Å². The van der Waals surface area contributed by atoms with Crippen molar-refractivity contribution in [3.8, 4) is 0 Å². The highest BCUT2D eigenvalue weighted by Crippen LogP contribution is 2.23. The first-order valence-electron chi connectivity index (χ1n) is 6.03. The Balaban J connectivity index is 2.23. The van der Waals surface area contributed by atoms with Gasteiger partial charge in [-0.3, -0.25) is 9.59 Å². The molecule has 0 saturated heterocycles. The highest BCUT2D eigenvalue weighted by Gasteiger charge is 2.12. The van der Waals surface area contributed by atoms with Gasteiger partial charge in [0.15, 0.2) is 0 Å². The second-order valence-electron chi connectivity index (χ2n) is 4.31. The van der Waals surface area contributed by atoms with E-state index in [4.69, 9.17) is 28.3 Å². The zero-order valence-corrected chi connectivity index (χ0v) is 12.3. The number of para-hydroxylation sites is 1. The van der Waals surface area contributed by atoms with Gasteiger partial charge in [0, 0.05) is 11.3 Å². The van der Waals surface area contributed by atoms with E-state index in [0.29, 0.717) is 21.8 Å². The number of halogens is 2. The number of carboxylic acids is 1. The minimum absolute atomic E-state index is 0.169. The zero-order chi connectivity index (χ0) is 15.4. The van der Waals surface area contributed by atoms with Crippen LogP contribution < -0.4 is 5.32 Å². The van der Waals surface area contributed by atoms with Crippen molar-refractivity contribution in [1.29, 1.82) is 0 Å². The van der Waals surface area contributed by atoms with Crippen molar-refractivity contribution in [1.82, 2.24) is 0 Å².